The monoisotopic (exact) mass is 463 g/mol. The van der Waals surface area contributed by atoms with E-state index in [9.17, 15) is 9.59 Å². The summed E-state index contributed by atoms with van der Waals surface area (Å²) in [5.41, 5.74) is 1.93. The molecule has 2 aromatic rings. The van der Waals surface area contributed by atoms with Gasteiger partial charge in [0.2, 0.25) is 0 Å². The van der Waals surface area contributed by atoms with Crippen molar-refractivity contribution >= 4 is 45.5 Å². The quantitative estimate of drug-likeness (QED) is 0.444. The summed E-state index contributed by atoms with van der Waals surface area (Å²) >= 11 is 6.68. The first-order valence-electron chi connectivity index (χ1n) is 9.99. The number of thiocarbonyl (C=S) groups is 1. The van der Waals surface area contributed by atoms with Gasteiger partial charge in [0.1, 0.15) is 10.8 Å². The number of hydrogen-bond acceptors (Lipinski definition) is 6. The van der Waals surface area contributed by atoms with E-state index in [1.807, 2.05) is 45.0 Å². The molecule has 0 saturated carbocycles. The predicted molar refractivity (Wildman–Crippen MR) is 128 cm³/mol. The summed E-state index contributed by atoms with van der Waals surface area (Å²) in [4.78, 5) is 27.5. The molecular weight excluding hydrogens is 434 g/mol. The Morgan fingerprint density at radius 1 is 1.16 bits per heavy atom. The largest absolute Gasteiger partial charge is 0.497 e. The molecule has 1 atom stereocenters. The third kappa shape index (κ3) is 5.74. The van der Waals surface area contributed by atoms with Crippen molar-refractivity contribution in [3.05, 3.63) is 45.8 Å². The van der Waals surface area contributed by atoms with Gasteiger partial charge >= 0.3 is 5.97 Å². The highest BCUT2D eigenvalue weighted by molar-refractivity contribution is 7.80. The zero-order valence-corrected chi connectivity index (χ0v) is 20.3. The fourth-order valence-electron chi connectivity index (χ4n) is 3.12. The second kappa shape index (κ2) is 11.1. The van der Waals surface area contributed by atoms with Gasteiger partial charge in [0.15, 0.2) is 5.11 Å². The standard InChI is InChI=1S/C22H29N3O4S2/c1-7-25(8-2)20(26)18-13(3)17(21(27)29-6)19(31-18)24-22(30)23-14(4)15-9-11-16(28-5)12-10-15/h9-12,14H,7-8H2,1-6H3,(H2,23,24,30). The van der Waals surface area contributed by atoms with Gasteiger partial charge in [-0.2, -0.15) is 0 Å². The molecule has 7 nitrogen and oxygen atoms in total. The molecule has 31 heavy (non-hydrogen) atoms. The van der Waals surface area contributed by atoms with Crippen LogP contribution in [-0.2, 0) is 4.74 Å². The lowest BCUT2D eigenvalue weighted by Gasteiger charge is -2.18. The summed E-state index contributed by atoms with van der Waals surface area (Å²) in [6.07, 6.45) is 0. The average molecular weight is 464 g/mol. The summed E-state index contributed by atoms with van der Waals surface area (Å²) < 4.78 is 10.1. The van der Waals surface area contributed by atoms with Crippen LogP contribution < -0.4 is 15.4 Å². The minimum Gasteiger partial charge on any atom is -0.497 e. The third-order valence-electron chi connectivity index (χ3n) is 4.97. The predicted octanol–water partition coefficient (Wildman–Crippen LogP) is 4.38. The molecule has 0 aliphatic carbocycles. The van der Waals surface area contributed by atoms with Gasteiger partial charge in [0.25, 0.3) is 5.91 Å². The van der Waals surface area contributed by atoms with Crippen molar-refractivity contribution in [2.45, 2.75) is 33.7 Å². The first kappa shape index (κ1) is 24.6. The molecule has 1 unspecified atom stereocenters. The summed E-state index contributed by atoms with van der Waals surface area (Å²) in [6, 6.07) is 7.59. The number of carbonyl (C=O) groups is 2. The molecule has 9 heteroatoms. The Balaban J connectivity index is 2.25. The van der Waals surface area contributed by atoms with Crippen LogP contribution in [0.4, 0.5) is 5.00 Å². The van der Waals surface area contributed by atoms with Crippen LogP contribution in [0.25, 0.3) is 0 Å². The van der Waals surface area contributed by atoms with E-state index in [1.54, 1.807) is 18.9 Å². The molecule has 0 spiro atoms. The van der Waals surface area contributed by atoms with Gasteiger partial charge in [0.05, 0.1) is 30.7 Å². The van der Waals surface area contributed by atoms with Crippen molar-refractivity contribution in [2.75, 3.05) is 32.6 Å². The Morgan fingerprint density at radius 2 is 1.77 bits per heavy atom. The summed E-state index contributed by atoms with van der Waals surface area (Å²) in [7, 11) is 2.94. The summed E-state index contributed by atoms with van der Waals surface area (Å²) in [5, 5.41) is 7.12. The van der Waals surface area contributed by atoms with E-state index in [1.165, 1.54) is 18.4 Å². The lowest BCUT2D eigenvalue weighted by molar-refractivity contribution is 0.0601. The molecule has 0 fully saturated rings. The molecule has 168 valence electrons. The number of thiophene rings is 1. The molecule has 0 bridgehead atoms. The van der Waals surface area contributed by atoms with E-state index < -0.39 is 5.97 Å². The molecular formula is C22H29N3O4S2. The maximum Gasteiger partial charge on any atom is 0.341 e. The first-order valence-corrected chi connectivity index (χ1v) is 11.2. The summed E-state index contributed by atoms with van der Waals surface area (Å²) in [6.45, 7) is 8.74. The van der Waals surface area contributed by atoms with Gasteiger partial charge in [-0.15, -0.1) is 11.3 Å². The van der Waals surface area contributed by atoms with Gasteiger partial charge in [-0.05, 0) is 63.2 Å². The Bertz CT molecular complexity index is 937. The van der Waals surface area contributed by atoms with E-state index in [4.69, 9.17) is 21.7 Å². The van der Waals surface area contributed by atoms with Gasteiger partial charge in [0, 0.05) is 13.1 Å². The molecule has 2 rings (SSSR count). The van der Waals surface area contributed by atoms with Crippen LogP contribution in [0.3, 0.4) is 0 Å². The molecule has 1 aromatic heterocycles. The number of anilines is 1. The molecule has 0 aliphatic heterocycles. The van der Waals surface area contributed by atoms with Crippen molar-refractivity contribution in [1.82, 2.24) is 10.2 Å². The Kier molecular flexibility index (Phi) is 8.82. The maximum atomic E-state index is 12.9. The minimum atomic E-state index is -0.513. The molecule has 0 saturated heterocycles. The minimum absolute atomic E-state index is 0.0784. The smallest absolute Gasteiger partial charge is 0.341 e. The number of hydrogen-bond donors (Lipinski definition) is 2. The highest BCUT2D eigenvalue weighted by atomic mass is 32.1. The third-order valence-corrected chi connectivity index (χ3v) is 6.39. The normalized spacial score (nSPS) is 11.4. The van der Waals surface area contributed by atoms with Crippen LogP contribution in [0.15, 0.2) is 24.3 Å². The Morgan fingerprint density at radius 3 is 2.29 bits per heavy atom. The average Bonchev–Trinajstić information content (AvgIpc) is 3.09. The van der Waals surface area contributed by atoms with E-state index in [-0.39, 0.29) is 11.9 Å². The SMILES string of the molecule is CCN(CC)C(=O)c1sc(NC(=S)NC(C)c2ccc(OC)cc2)c(C(=O)OC)c1C. The molecule has 0 radical (unpaired) electrons. The zero-order chi connectivity index (χ0) is 23.1. The summed E-state index contributed by atoms with van der Waals surface area (Å²) in [5.74, 6) is 0.149. The van der Waals surface area contributed by atoms with Gasteiger partial charge in [-0.25, -0.2) is 4.79 Å². The number of methoxy groups -OCH3 is 2. The van der Waals surface area contributed by atoms with Gasteiger partial charge < -0.3 is 25.0 Å². The second-order valence-electron chi connectivity index (χ2n) is 6.82. The van der Waals surface area contributed by atoms with E-state index in [0.717, 1.165) is 11.3 Å². The second-order valence-corrected chi connectivity index (χ2v) is 8.25. The van der Waals surface area contributed by atoms with Crippen molar-refractivity contribution in [1.29, 1.82) is 0 Å². The Hall–Kier alpha value is -2.65. The van der Waals surface area contributed by atoms with Crippen molar-refractivity contribution in [3.63, 3.8) is 0 Å². The van der Waals surface area contributed by atoms with Gasteiger partial charge in [-0.1, -0.05) is 12.1 Å². The highest BCUT2D eigenvalue weighted by Crippen LogP contribution is 2.34. The van der Waals surface area contributed by atoms with E-state index >= 15 is 0 Å². The number of benzene rings is 1. The molecule has 2 N–H and O–H groups in total. The van der Waals surface area contributed by atoms with Crippen molar-refractivity contribution < 1.29 is 19.1 Å². The van der Waals surface area contributed by atoms with Crippen LogP contribution in [0.2, 0.25) is 0 Å². The fourth-order valence-corrected chi connectivity index (χ4v) is 4.63. The number of rotatable bonds is 8. The molecule has 1 aromatic carbocycles. The van der Waals surface area contributed by atoms with Crippen molar-refractivity contribution in [3.8, 4) is 5.75 Å². The van der Waals surface area contributed by atoms with Crippen LogP contribution in [0.5, 0.6) is 5.75 Å². The molecule has 1 heterocycles. The van der Waals surface area contributed by atoms with Gasteiger partial charge in [-0.3, -0.25) is 4.79 Å². The Labute approximate surface area is 192 Å². The lowest BCUT2D eigenvalue weighted by Crippen LogP contribution is -2.31. The number of amides is 1. The number of nitrogens with one attached hydrogen (secondary N) is 2. The highest BCUT2D eigenvalue weighted by Gasteiger charge is 2.27. The number of nitrogens with zero attached hydrogens (tertiary/aromatic N) is 1. The number of ether oxygens (including phenoxy) is 2. The van der Waals surface area contributed by atoms with E-state index in [0.29, 0.717) is 39.2 Å². The first-order chi connectivity index (χ1) is 14.8. The van der Waals surface area contributed by atoms with Crippen LogP contribution in [0, 0.1) is 6.92 Å². The van der Waals surface area contributed by atoms with E-state index in [2.05, 4.69) is 10.6 Å². The number of esters is 1. The fraction of sp³-hybridized carbons (Fsp3) is 0.409. The number of carbonyl (C=O) groups excluding carboxylic acids is 2. The van der Waals surface area contributed by atoms with Crippen LogP contribution in [-0.4, -0.2) is 49.2 Å². The van der Waals surface area contributed by atoms with Crippen LogP contribution >= 0.6 is 23.6 Å². The topological polar surface area (TPSA) is 79.9 Å². The lowest BCUT2D eigenvalue weighted by atomic mass is 10.1. The maximum absolute atomic E-state index is 12.9. The van der Waals surface area contributed by atoms with Crippen LogP contribution in [0.1, 0.15) is 58.0 Å². The molecule has 0 aliphatic rings. The van der Waals surface area contributed by atoms with Crippen molar-refractivity contribution in [2.24, 2.45) is 0 Å². The molecule has 1 amide bonds. The zero-order valence-electron chi connectivity index (χ0n) is 18.7.